The lowest BCUT2D eigenvalue weighted by Crippen LogP contribution is -2.30. The van der Waals surface area contributed by atoms with Crippen LogP contribution in [-0.2, 0) is 21.4 Å². The zero-order chi connectivity index (χ0) is 17.4. The number of carbonyl (C=O) groups excluding carboxylic acids is 1. The molecule has 0 spiro atoms. The van der Waals surface area contributed by atoms with Crippen LogP contribution in [0.3, 0.4) is 0 Å². The summed E-state index contributed by atoms with van der Waals surface area (Å²) in [7, 11) is -3.29. The predicted molar refractivity (Wildman–Crippen MR) is 90.1 cm³/mol. The van der Waals surface area contributed by atoms with Gasteiger partial charge in [-0.05, 0) is 18.2 Å². The van der Waals surface area contributed by atoms with Crippen LogP contribution in [0.25, 0.3) is 0 Å². The molecule has 1 heterocycles. The Morgan fingerprint density at radius 2 is 1.92 bits per heavy atom. The number of aromatic nitrogens is 1. The molecule has 24 heavy (non-hydrogen) atoms. The van der Waals surface area contributed by atoms with Crippen LogP contribution in [0.1, 0.15) is 12.0 Å². The van der Waals surface area contributed by atoms with E-state index in [1.807, 2.05) is 30.3 Å². The lowest BCUT2D eigenvalue weighted by Gasteiger charge is -2.11. The molecule has 1 amide bonds. The van der Waals surface area contributed by atoms with Gasteiger partial charge in [0.25, 0.3) is 0 Å². The summed E-state index contributed by atoms with van der Waals surface area (Å²) in [6.07, 6.45) is 2.72. The number of hydrogen-bond donors (Lipinski definition) is 2. The van der Waals surface area contributed by atoms with E-state index in [9.17, 15) is 13.2 Å². The monoisotopic (exact) mass is 349 g/mol. The third-order valence-electron chi connectivity index (χ3n) is 3.00. The molecule has 0 saturated carbocycles. The lowest BCUT2D eigenvalue weighted by atomic mass is 10.2. The van der Waals surface area contributed by atoms with Crippen molar-refractivity contribution in [3.8, 4) is 11.6 Å². The molecule has 2 rings (SSSR count). The summed E-state index contributed by atoms with van der Waals surface area (Å²) >= 11 is 0. The molecular weight excluding hydrogens is 330 g/mol. The number of carbonyl (C=O) groups is 1. The number of rotatable bonds is 8. The second-order valence-electron chi connectivity index (χ2n) is 5.08. The third kappa shape index (κ3) is 6.35. The first-order chi connectivity index (χ1) is 11.4. The van der Waals surface area contributed by atoms with Crippen LogP contribution in [-0.4, -0.2) is 32.1 Å². The van der Waals surface area contributed by atoms with Crippen LogP contribution in [0.4, 0.5) is 0 Å². The van der Waals surface area contributed by atoms with E-state index >= 15 is 0 Å². The van der Waals surface area contributed by atoms with E-state index in [4.69, 9.17) is 4.74 Å². The van der Waals surface area contributed by atoms with E-state index in [0.717, 1.165) is 11.8 Å². The number of nitrogens with zero attached hydrogens (tertiary/aromatic N) is 1. The molecule has 0 radical (unpaired) electrons. The first-order valence-electron chi connectivity index (χ1n) is 7.32. The van der Waals surface area contributed by atoms with E-state index < -0.39 is 10.0 Å². The highest BCUT2D eigenvalue weighted by molar-refractivity contribution is 7.88. The molecule has 1 aromatic heterocycles. The maximum atomic E-state index is 11.8. The molecule has 2 N–H and O–H groups in total. The normalized spacial score (nSPS) is 11.0. The zero-order valence-electron chi connectivity index (χ0n) is 13.2. The molecule has 0 bridgehead atoms. The van der Waals surface area contributed by atoms with Crippen LogP contribution < -0.4 is 14.8 Å². The largest absolute Gasteiger partial charge is 0.439 e. The Bertz CT molecular complexity index is 779. The fourth-order valence-electron chi connectivity index (χ4n) is 1.88. The first-order valence-corrected chi connectivity index (χ1v) is 9.21. The van der Waals surface area contributed by atoms with Crippen LogP contribution in [0.15, 0.2) is 48.7 Å². The molecule has 0 saturated heterocycles. The summed E-state index contributed by atoms with van der Waals surface area (Å²) in [5.41, 5.74) is 0.728. The molecule has 2 aromatic rings. The SMILES string of the molecule is CS(=O)(=O)NCCC(=O)NCc1cccnc1Oc1ccccc1. The second-order valence-corrected chi connectivity index (χ2v) is 6.91. The maximum Gasteiger partial charge on any atom is 0.224 e. The Kier molecular flexibility index (Phi) is 6.28. The summed E-state index contributed by atoms with van der Waals surface area (Å²) in [5.74, 6) is 0.806. The van der Waals surface area contributed by atoms with Gasteiger partial charge in [0.1, 0.15) is 5.75 Å². The number of ether oxygens (including phenoxy) is 1. The Labute approximate surface area is 141 Å². The number of pyridine rings is 1. The molecule has 1 aromatic carbocycles. The molecule has 0 fully saturated rings. The molecule has 0 aliphatic carbocycles. The highest BCUT2D eigenvalue weighted by Gasteiger charge is 2.09. The maximum absolute atomic E-state index is 11.8. The quantitative estimate of drug-likeness (QED) is 0.751. The molecule has 0 aliphatic rings. The predicted octanol–water partition coefficient (Wildman–Crippen LogP) is 1.43. The van der Waals surface area contributed by atoms with Crippen molar-refractivity contribution in [1.82, 2.24) is 15.0 Å². The van der Waals surface area contributed by atoms with Gasteiger partial charge in [-0.1, -0.05) is 24.3 Å². The van der Waals surface area contributed by atoms with Crippen molar-refractivity contribution in [2.24, 2.45) is 0 Å². The van der Waals surface area contributed by atoms with Crippen LogP contribution in [0, 0.1) is 0 Å². The first kappa shape index (κ1) is 17.9. The Balaban J connectivity index is 1.89. The number of benzene rings is 1. The molecular formula is C16H19N3O4S. The number of para-hydroxylation sites is 1. The van der Waals surface area contributed by atoms with Gasteiger partial charge in [-0.3, -0.25) is 4.79 Å². The average molecular weight is 349 g/mol. The zero-order valence-corrected chi connectivity index (χ0v) is 14.0. The summed E-state index contributed by atoms with van der Waals surface area (Å²) in [6, 6.07) is 12.8. The summed E-state index contributed by atoms with van der Waals surface area (Å²) < 4.78 is 29.9. The van der Waals surface area contributed by atoms with Crippen molar-refractivity contribution in [3.05, 3.63) is 54.2 Å². The minimum absolute atomic E-state index is 0.0577. The van der Waals surface area contributed by atoms with Crippen LogP contribution in [0.2, 0.25) is 0 Å². The van der Waals surface area contributed by atoms with Crippen molar-refractivity contribution in [3.63, 3.8) is 0 Å². The van der Waals surface area contributed by atoms with E-state index in [1.165, 1.54) is 0 Å². The van der Waals surface area contributed by atoms with E-state index in [1.54, 1.807) is 18.3 Å². The van der Waals surface area contributed by atoms with E-state index in [-0.39, 0.29) is 25.4 Å². The van der Waals surface area contributed by atoms with Gasteiger partial charge < -0.3 is 10.1 Å². The van der Waals surface area contributed by atoms with Gasteiger partial charge in [-0.2, -0.15) is 0 Å². The topological polar surface area (TPSA) is 97.4 Å². The number of nitrogens with one attached hydrogen (secondary N) is 2. The third-order valence-corrected chi connectivity index (χ3v) is 3.73. The van der Waals surface area contributed by atoms with Gasteiger partial charge in [0.05, 0.1) is 6.26 Å². The van der Waals surface area contributed by atoms with Crippen molar-refractivity contribution in [1.29, 1.82) is 0 Å². The minimum atomic E-state index is -3.29. The fraction of sp³-hybridized carbons (Fsp3) is 0.250. The van der Waals surface area contributed by atoms with Gasteiger partial charge >= 0.3 is 0 Å². The Morgan fingerprint density at radius 3 is 2.62 bits per heavy atom. The van der Waals surface area contributed by atoms with Crippen molar-refractivity contribution >= 4 is 15.9 Å². The highest BCUT2D eigenvalue weighted by Crippen LogP contribution is 2.22. The van der Waals surface area contributed by atoms with Crippen molar-refractivity contribution in [2.45, 2.75) is 13.0 Å². The van der Waals surface area contributed by atoms with Gasteiger partial charge in [-0.25, -0.2) is 18.1 Å². The molecule has 7 nitrogen and oxygen atoms in total. The smallest absolute Gasteiger partial charge is 0.224 e. The number of hydrogen-bond acceptors (Lipinski definition) is 5. The van der Waals surface area contributed by atoms with Crippen molar-refractivity contribution in [2.75, 3.05) is 12.8 Å². The lowest BCUT2D eigenvalue weighted by molar-refractivity contribution is -0.121. The van der Waals surface area contributed by atoms with E-state index in [0.29, 0.717) is 11.6 Å². The van der Waals surface area contributed by atoms with Crippen LogP contribution in [0.5, 0.6) is 11.6 Å². The summed E-state index contributed by atoms with van der Waals surface area (Å²) in [6.45, 7) is 0.304. The molecule has 8 heteroatoms. The van der Waals surface area contributed by atoms with Gasteiger partial charge in [0, 0.05) is 31.3 Å². The fourth-order valence-corrected chi connectivity index (χ4v) is 2.36. The molecule has 0 aliphatic heterocycles. The van der Waals surface area contributed by atoms with E-state index in [2.05, 4.69) is 15.0 Å². The van der Waals surface area contributed by atoms with Gasteiger partial charge in [0.15, 0.2) is 0 Å². The van der Waals surface area contributed by atoms with Crippen LogP contribution >= 0.6 is 0 Å². The number of amides is 1. The average Bonchev–Trinajstić information content (AvgIpc) is 2.54. The Morgan fingerprint density at radius 1 is 1.17 bits per heavy atom. The molecule has 0 unspecified atom stereocenters. The highest BCUT2D eigenvalue weighted by atomic mass is 32.2. The Hall–Kier alpha value is -2.45. The molecule has 128 valence electrons. The summed E-state index contributed by atoms with van der Waals surface area (Å²) in [4.78, 5) is 15.9. The van der Waals surface area contributed by atoms with Crippen molar-refractivity contribution < 1.29 is 17.9 Å². The minimum Gasteiger partial charge on any atom is -0.439 e. The van der Waals surface area contributed by atoms with Gasteiger partial charge in [0.2, 0.25) is 21.8 Å². The summed E-state index contributed by atoms with van der Waals surface area (Å²) in [5, 5.41) is 2.72. The van der Waals surface area contributed by atoms with Gasteiger partial charge in [-0.15, -0.1) is 0 Å². The number of sulfonamides is 1. The standard InChI is InChI=1S/C16H19N3O4S/c1-24(21,22)19-11-9-15(20)18-12-13-6-5-10-17-16(13)23-14-7-3-2-4-8-14/h2-8,10,19H,9,11-12H2,1H3,(H,18,20). The second kappa shape index (κ2) is 8.42. The molecule has 0 atom stereocenters.